The van der Waals surface area contributed by atoms with Gasteiger partial charge in [-0.2, -0.15) is 0 Å². The number of amides is 2. The van der Waals surface area contributed by atoms with Gasteiger partial charge in [-0.15, -0.1) is 0 Å². The second-order valence-electron chi connectivity index (χ2n) is 8.06. The van der Waals surface area contributed by atoms with Gasteiger partial charge >= 0.3 is 5.97 Å². The molecule has 2 rings (SSSR count). The number of benzene rings is 1. The number of hydrogen-bond donors (Lipinski definition) is 3. The van der Waals surface area contributed by atoms with E-state index in [0.29, 0.717) is 12.1 Å². The first-order valence-corrected chi connectivity index (χ1v) is 9.96. The van der Waals surface area contributed by atoms with Crippen molar-refractivity contribution in [3.8, 4) is 0 Å². The largest absolute Gasteiger partial charge is 0.480 e. The van der Waals surface area contributed by atoms with Crippen LogP contribution in [-0.4, -0.2) is 39.5 Å². The third-order valence-corrected chi connectivity index (χ3v) is 5.44. The Hall–Kier alpha value is -2.83. The molecule has 3 atom stereocenters. The van der Waals surface area contributed by atoms with Crippen LogP contribution in [0.5, 0.6) is 0 Å². The van der Waals surface area contributed by atoms with E-state index < -0.39 is 24.0 Å². The third kappa shape index (κ3) is 4.96. The molecule has 7 heteroatoms. The molecule has 0 fully saturated rings. The number of rotatable bonds is 8. The number of nitrogens with zero attached hydrogens (tertiary/aromatic N) is 1. The Bertz CT molecular complexity index is 916. The molecule has 3 N–H and O–H groups in total. The highest BCUT2D eigenvalue weighted by Crippen LogP contribution is 2.20. The molecule has 158 valence electrons. The number of aryl methyl sites for hydroxylation is 2. The van der Waals surface area contributed by atoms with Crippen LogP contribution in [0.15, 0.2) is 24.3 Å². The third-order valence-electron chi connectivity index (χ3n) is 5.44. The van der Waals surface area contributed by atoms with E-state index in [1.165, 1.54) is 0 Å². The predicted octanol–water partition coefficient (Wildman–Crippen LogP) is 2.86. The Kier molecular flexibility index (Phi) is 7.06. The summed E-state index contributed by atoms with van der Waals surface area (Å²) in [4.78, 5) is 37.3. The molecular formula is C22H31N3O4. The lowest BCUT2D eigenvalue weighted by atomic mass is 9.97. The summed E-state index contributed by atoms with van der Waals surface area (Å²) in [7, 11) is 1.81. The van der Waals surface area contributed by atoms with Crippen LogP contribution in [0.2, 0.25) is 0 Å². The highest BCUT2D eigenvalue weighted by atomic mass is 16.4. The van der Waals surface area contributed by atoms with Crippen LogP contribution in [0.1, 0.15) is 50.2 Å². The Morgan fingerprint density at radius 2 is 1.72 bits per heavy atom. The monoisotopic (exact) mass is 401 g/mol. The number of aromatic nitrogens is 1. The van der Waals surface area contributed by atoms with Crippen molar-refractivity contribution in [2.24, 2.45) is 18.9 Å². The summed E-state index contributed by atoms with van der Waals surface area (Å²) in [5.41, 5.74) is 2.47. The van der Waals surface area contributed by atoms with Gasteiger partial charge in [0.15, 0.2) is 0 Å². The standard InChI is InChI=1S/C22H31N3O4/c1-7-14(5)19(22(28)29)24-21(27)18(12(2)3)23-20(26)17-11-15-10-13(4)8-9-16(15)25(17)6/h8-12,14,18-19H,7H2,1-6H3,(H,23,26)(H,24,27)(H,28,29). The van der Waals surface area contributed by atoms with Crippen molar-refractivity contribution in [1.82, 2.24) is 15.2 Å². The second kappa shape index (κ2) is 9.11. The Morgan fingerprint density at radius 1 is 1.07 bits per heavy atom. The zero-order valence-electron chi connectivity index (χ0n) is 17.9. The summed E-state index contributed by atoms with van der Waals surface area (Å²) in [6.45, 7) is 9.26. The molecule has 7 nitrogen and oxygen atoms in total. The fraction of sp³-hybridized carbons (Fsp3) is 0.500. The van der Waals surface area contributed by atoms with E-state index in [2.05, 4.69) is 10.6 Å². The minimum atomic E-state index is -1.08. The number of nitrogens with one attached hydrogen (secondary N) is 2. The first-order valence-electron chi connectivity index (χ1n) is 9.96. The molecule has 0 aliphatic heterocycles. The maximum atomic E-state index is 12.9. The van der Waals surface area contributed by atoms with E-state index in [1.54, 1.807) is 24.6 Å². The minimum absolute atomic E-state index is 0.206. The van der Waals surface area contributed by atoms with Crippen molar-refractivity contribution >= 4 is 28.7 Å². The Labute approximate surface area is 171 Å². The molecule has 1 heterocycles. The molecule has 2 aromatic rings. The molecule has 3 unspecified atom stereocenters. The highest BCUT2D eigenvalue weighted by Gasteiger charge is 2.31. The van der Waals surface area contributed by atoms with E-state index in [9.17, 15) is 19.5 Å². The maximum absolute atomic E-state index is 12.9. The van der Waals surface area contributed by atoms with Crippen molar-refractivity contribution in [3.63, 3.8) is 0 Å². The van der Waals surface area contributed by atoms with Gasteiger partial charge in [-0.3, -0.25) is 9.59 Å². The van der Waals surface area contributed by atoms with E-state index in [0.717, 1.165) is 16.5 Å². The Balaban J connectivity index is 2.24. The zero-order chi connectivity index (χ0) is 21.9. The normalized spacial score (nSPS) is 14.4. The van der Waals surface area contributed by atoms with Gasteiger partial charge in [0.2, 0.25) is 5.91 Å². The summed E-state index contributed by atoms with van der Waals surface area (Å²) in [5, 5.41) is 15.8. The summed E-state index contributed by atoms with van der Waals surface area (Å²) in [5.74, 6) is -2.37. The highest BCUT2D eigenvalue weighted by molar-refractivity contribution is 6.01. The van der Waals surface area contributed by atoms with E-state index in [1.807, 2.05) is 45.9 Å². The Morgan fingerprint density at radius 3 is 2.28 bits per heavy atom. The number of aliphatic carboxylic acids is 1. The van der Waals surface area contributed by atoms with Gasteiger partial charge in [-0.1, -0.05) is 45.7 Å². The molecule has 0 spiro atoms. The SMILES string of the molecule is CCC(C)C(NC(=O)C(NC(=O)c1cc2cc(C)ccc2n1C)C(C)C)C(=O)O. The van der Waals surface area contributed by atoms with Gasteiger partial charge in [0.1, 0.15) is 17.8 Å². The number of carboxylic acids is 1. The molecule has 29 heavy (non-hydrogen) atoms. The van der Waals surface area contributed by atoms with Crippen LogP contribution in [0, 0.1) is 18.8 Å². The number of carbonyl (C=O) groups excluding carboxylic acids is 2. The van der Waals surface area contributed by atoms with Crippen LogP contribution >= 0.6 is 0 Å². The molecule has 0 aliphatic carbocycles. The van der Waals surface area contributed by atoms with Gasteiger partial charge in [0, 0.05) is 18.0 Å². The fourth-order valence-electron chi connectivity index (χ4n) is 3.36. The summed E-state index contributed by atoms with van der Waals surface area (Å²) < 4.78 is 1.79. The second-order valence-corrected chi connectivity index (χ2v) is 8.06. The summed E-state index contributed by atoms with van der Waals surface area (Å²) >= 11 is 0. The fourth-order valence-corrected chi connectivity index (χ4v) is 3.36. The zero-order valence-corrected chi connectivity index (χ0v) is 17.9. The van der Waals surface area contributed by atoms with Gasteiger partial charge in [-0.05, 0) is 37.0 Å². The van der Waals surface area contributed by atoms with Crippen molar-refractivity contribution < 1.29 is 19.5 Å². The molecule has 0 bridgehead atoms. The van der Waals surface area contributed by atoms with Gasteiger partial charge < -0.3 is 20.3 Å². The smallest absolute Gasteiger partial charge is 0.326 e. The van der Waals surface area contributed by atoms with Crippen LogP contribution in [0.3, 0.4) is 0 Å². The number of carboxylic acid groups (broad SMARTS) is 1. The molecule has 2 amide bonds. The van der Waals surface area contributed by atoms with Crippen molar-refractivity contribution in [2.45, 2.75) is 53.1 Å². The van der Waals surface area contributed by atoms with Crippen molar-refractivity contribution in [3.05, 3.63) is 35.5 Å². The molecule has 1 aromatic heterocycles. The summed E-state index contributed by atoms with van der Waals surface area (Å²) in [6.07, 6.45) is 0.616. The molecular weight excluding hydrogens is 370 g/mol. The predicted molar refractivity (Wildman–Crippen MR) is 113 cm³/mol. The number of hydrogen-bond acceptors (Lipinski definition) is 3. The first kappa shape index (κ1) is 22.5. The van der Waals surface area contributed by atoms with Crippen LogP contribution in [0.25, 0.3) is 10.9 Å². The average Bonchev–Trinajstić information content (AvgIpc) is 2.98. The molecule has 0 radical (unpaired) electrons. The van der Waals surface area contributed by atoms with E-state index in [4.69, 9.17) is 0 Å². The van der Waals surface area contributed by atoms with Crippen LogP contribution in [0.4, 0.5) is 0 Å². The number of fused-ring (bicyclic) bond motifs is 1. The quantitative estimate of drug-likeness (QED) is 0.633. The molecule has 0 aliphatic rings. The van der Waals surface area contributed by atoms with Crippen molar-refractivity contribution in [1.29, 1.82) is 0 Å². The lowest BCUT2D eigenvalue weighted by molar-refractivity contribution is -0.143. The van der Waals surface area contributed by atoms with Crippen LogP contribution < -0.4 is 10.6 Å². The topological polar surface area (TPSA) is 100 Å². The van der Waals surface area contributed by atoms with Crippen LogP contribution in [-0.2, 0) is 16.6 Å². The van der Waals surface area contributed by atoms with E-state index >= 15 is 0 Å². The minimum Gasteiger partial charge on any atom is -0.480 e. The number of carbonyl (C=O) groups is 3. The molecule has 0 saturated carbocycles. The average molecular weight is 402 g/mol. The van der Waals surface area contributed by atoms with Gasteiger partial charge in [0.25, 0.3) is 5.91 Å². The lowest BCUT2D eigenvalue weighted by Gasteiger charge is -2.26. The van der Waals surface area contributed by atoms with Crippen molar-refractivity contribution in [2.75, 3.05) is 0 Å². The van der Waals surface area contributed by atoms with E-state index in [-0.39, 0.29) is 17.7 Å². The maximum Gasteiger partial charge on any atom is 0.326 e. The summed E-state index contributed by atoms with van der Waals surface area (Å²) in [6, 6.07) is 5.90. The molecule has 0 saturated heterocycles. The molecule has 1 aromatic carbocycles. The van der Waals surface area contributed by atoms with Gasteiger partial charge in [0.05, 0.1) is 0 Å². The first-order chi connectivity index (χ1) is 13.6. The lowest BCUT2D eigenvalue weighted by Crippen LogP contribution is -2.55. The van der Waals surface area contributed by atoms with Gasteiger partial charge in [-0.25, -0.2) is 4.79 Å².